The van der Waals surface area contributed by atoms with Gasteiger partial charge in [0.05, 0.1) is 5.41 Å². The molecule has 4 rings (SSSR count). The molecule has 1 aliphatic carbocycles. The SMILES string of the molecule is Cc1ccc(C(=O)N=C(N)C2(c3ccc(-c4cnc(N)nc4)cc3)CCC2)cc1Cl. The van der Waals surface area contributed by atoms with Gasteiger partial charge in [-0.25, -0.2) is 9.97 Å². The van der Waals surface area contributed by atoms with Crippen LogP contribution in [0.3, 0.4) is 0 Å². The Morgan fingerprint density at radius 2 is 1.73 bits per heavy atom. The average Bonchev–Trinajstić information content (AvgIpc) is 2.70. The van der Waals surface area contributed by atoms with E-state index in [2.05, 4.69) is 15.0 Å². The number of amidine groups is 1. The summed E-state index contributed by atoms with van der Waals surface area (Å²) in [6.07, 6.45) is 6.13. The molecule has 7 heteroatoms. The van der Waals surface area contributed by atoms with Crippen LogP contribution < -0.4 is 11.5 Å². The summed E-state index contributed by atoms with van der Waals surface area (Å²) < 4.78 is 0. The predicted octanol–water partition coefficient (Wildman–Crippen LogP) is 4.31. The van der Waals surface area contributed by atoms with Crippen LogP contribution in [-0.2, 0) is 5.41 Å². The lowest BCUT2D eigenvalue weighted by Gasteiger charge is -2.41. The highest BCUT2D eigenvalue weighted by atomic mass is 35.5. The van der Waals surface area contributed by atoms with Gasteiger partial charge in [-0.15, -0.1) is 0 Å². The van der Waals surface area contributed by atoms with Crippen LogP contribution >= 0.6 is 11.6 Å². The van der Waals surface area contributed by atoms with Crippen molar-refractivity contribution in [1.82, 2.24) is 9.97 Å². The minimum atomic E-state index is -0.416. The summed E-state index contributed by atoms with van der Waals surface area (Å²) in [6.45, 7) is 1.89. The zero-order chi connectivity index (χ0) is 21.3. The van der Waals surface area contributed by atoms with Gasteiger partial charge in [0.2, 0.25) is 5.95 Å². The molecule has 0 aliphatic heterocycles. The molecule has 1 amide bonds. The first-order valence-corrected chi connectivity index (χ1v) is 10.1. The Hall–Kier alpha value is -3.25. The fourth-order valence-corrected chi connectivity index (χ4v) is 3.88. The number of hydrogen-bond acceptors (Lipinski definition) is 4. The molecule has 0 radical (unpaired) electrons. The van der Waals surface area contributed by atoms with Crippen LogP contribution in [0.15, 0.2) is 59.9 Å². The molecule has 1 saturated carbocycles. The minimum Gasteiger partial charge on any atom is -0.386 e. The molecule has 6 nitrogen and oxygen atoms in total. The molecule has 4 N–H and O–H groups in total. The standard InChI is InChI=1S/C23H22ClN5O/c1-14-3-4-16(11-19(14)24)20(30)29-21(25)23(9-2-10-23)18-7-5-15(6-8-18)17-12-27-22(26)28-13-17/h3-8,11-13H,2,9-10H2,1H3,(H2,25,29,30)(H2,26,27,28). The number of rotatable bonds is 4. The Bertz CT molecular complexity index is 1120. The van der Waals surface area contributed by atoms with Crippen molar-refractivity contribution in [3.63, 3.8) is 0 Å². The van der Waals surface area contributed by atoms with Gasteiger partial charge in [-0.1, -0.05) is 48.4 Å². The molecule has 1 aromatic heterocycles. The lowest BCUT2D eigenvalue weighted by atomic mass is 9.63. The highest BCUT2D eigenvalue weighted by Crippen LogP contribution is 2.44. The van der Waals surface area contributed by atoms with Crippen LogP contribution in [0.4, 0.5) is 5.95 Å². The first-order chi connectivity index (χ1) is 14.4. The molecule has 3 aromatic rings. The monoisotopic (exact) mass is 419 g/mol. The van der Waals surface area contributed by atoms with Gasteiger partial charge in [0.1, 0.15) is 5.84 Å². The van der Waals surface area contributed by atoms with Crippen LogP contribution in [0.2, 0.25) is 5.02 Å². The Morgan fingerprint density at radius 1 is 1.07 bits per heavy atom. The van der Waals surface area contributed by atoms with Crippen LogP contribution in [0, 0.1) is 6.92 Å². The summed E-state index contributed by atoms with van der Waals surface area (Å²) in [4.78, 5) is 25.0. The normalized spacial score (nSPS) is 15.5. The van der Waals surface area contributed by atoms with Crippen molar-refractivity contribution >= 4 is 29.3 Å². The number of nitrogen functional groups attached to an aromatic ring is 1. The number of aliphatic imine (C=N–C) groups is 1. The summed E-state index contributed by atoms with van der Waals surface area (Å²) in [5, 5.41) is 0.537. The molecule has 30 heavy (non-hydrogen) atoms. The number of carbonyl (C=O) groups is 1. The van der Waals surface area contributed by atoms with Gasteiger partial charge in [0.15, 0.2) is 0 Å². The van der Waals surface area contributed by atoms with E-state index in [0.717, 1.165) is 41.5 Å². The third-order valence-corrected chi connectivity index (χ3v) is 6.19. The maximum atomic E-state index is 12.7. The van der Waals surface area contributed by atoms with Crippen molar-refractivity contribution in [2.24, 2.45) is 10.7 Å². The van der Waals surface area contributed by atoms with E-state index in [1.165, 1.54) is 0 Å². The van der Waals surface area contributed by atoms with E-state index in [1.807, 2.05) is 31.2 Å². The number of nitrogens with zero attached hydrogens (tertiary/aromatic N) is 3. The van der Waals surface area contributed by atoms with E-state index in [0.29, 0.717) is 16.4 Å². The van der Waals surface area contributed by atoms with E-state index in [-0.39, 0.29) is 11.9 Å². The van der Waals surface area contributed by atoms with E-state index in [4.69, 9.17) is 23.1 Å². The Labute approximate surface area is 180 Å². The smallest absolute Gasteiger partial charge is 0.278 e. The third kappa shape index (κ3) is 3.66. The molecular weight excluding hydrogens is 398 g/mol. The van der Waals surface area contributed by atoms with Gasteiger partial charge < -0.3 is 11.5 Å². The summed E-state index contributed by atoms with van der Waals surface area (Å²) in [5.41, 5.74) is 15.8. The second-order valence-electron chi connectivity index (χ2n) is 7.61. The molecule has 0 atom stereocenters. The van der Waals surface area contributed by atoms with Crippen LogP contribution in [-0.4, -0.2) is 21.7 Å². The van der Waals surface area contributed by atoms with Gasteiger partial charge in [-0.2, -0.15) is 4.99 Å². The highest BCUT2D eigenvalue weighted by Gasteiger charge is 2.42. The second kappa shape index (κ2) is 7.88. The average molecular weight is 420 g/mol. The maximum absolute atomic E-state index is 12.7. The first-order valence-electron chi connectivity index (χ1n) is 9.73. The molecule has 1 fully saturated rings. The Balaban J connectivity index is 1.61. The quantitative estimate of drug-likeness (QED) is 0.484. The molecule has 0 bridgehead atoms. The summed E-state index contributed by atoms with van der Waals surface area (Å²) in [5.74, 6) is 0.211. The molecule has 0 unspecified atom stereocenters. The first kappa shape index (κ1) is 20.0. The predicted molar refractivity (Wildman–Crippen MR) is 120 cm³/mol. The third-order valence-electron chi connectivity index (χ3n) is 5.78. The van der Waals surface area contributed by atoms with Crippen LogP contribution in [0.1, 0.15) is 40.7 Å². The molecule has 1 aliphatic rings. The van der Waals surface area contributed by atoms with Crippen molar-refractivity contribution < 1.29 is 4.79 Å². The Kier molecular flexibility index (Phi) is 5.26. The molecule has 2 aromatic carbocycles. The number of aryl methyl sites for hydroxylation is 1. The van der Waals surface area contributed by atoms with Gasteiger partial charge in [-0.05, 0) is 48.6 Å². The minimum absolute atomic E-state index is 0.243. The van der Waals surface area contributed by atoms with Crippen LogP contribution in [0.5, 0.6) is 0 Å². The zero-order valence-electron chi connectivity index (χ0n) is 16.6. The van der Waals surface area contributed by atoms with E-state index < -0.39 is 5.41 Å². The number of amides is 1. The van der Waals surface area contributed by atoms with E-state index in [1.54, 1.807) is 30.6 Å². The van der Waals surface area contributed by atoms with Gasteiger partial charge in [0, 0.05) is 28.5 Å². The van der Waals surface area contributed by atoms with Crippen molar-refractivity contribution in [2.45, 2.75) is 31.6 Å². The molecular formula is C23H22ClN5O. The molecule has 1 heterocycles. The van der Waals surface area contributed by atoms with Crippen molar-refractivity contribution in [3.8, 4) is 11.1 Å². The molecule has 152 valence electrons. The number of anilines is 1. The maximum Gasteiger partial charge on any atom is 0.278 e. The number of nitrogens with two attached hydrogens (primary N) is 2. The number of halogens is 1. The summed E-state index contributed by atoms with van der Waals surface area (Å²) in [7, 11) is 0. The fourth-order valence-electron chi connectivity index (χ4n) is 3.70. The number of aromatic nitrogens is 2. The summed E-state index contributed by atoms with van der Waals surface area (Å²) >= 11 is 6.14. The van der Waals surface area contributed by atoms with E-state index in [9.17, 15) is 4.79 Å². The van der Waals surface area contributed by atoms with Gasteiger partial charge in [-0.3, -0.25) is 4.79 Å². The fraction of sp³-hybridized carbons (Fsp3) is 0.217. The van der Waals surface area contributed by atoms with E-state index >= 15 is 0 Å². The number of benzene rings is 2. The summed E-state index contributed by atoms with van der Waals surface area (Å²) in [6, 6.07) is 13.2. The van der Waals surface area contributed by atoms with Crippen LogP contribution in [0.25, 0.3) is 11.1 Å². The molecule has 0 spiro atoms. The highest BCUT2D eigenvalue weighted by molar-refractivity contribution is 6.31. The van der Waals surface area contributed by atoms with Gasteiger partial charge in [0.25, 0.3) is 5.91 Å². The zero-order valence-corrected chi connectivity index (χ0v) is 17.4. The van der Waals surface area contributed by atoms with Crippen molar-refractivity contribution in [2.75, 3.05) is 5.73 Å². The number of hydrogen-bond donors (Lipinski definition) is 2. The lowest BCUT2D eigenvalue weighted by molar-refractivity contribution is 0.100. The van der Waals surface area contributed by atoms with Crippen molar-refractivity contribution in [1.29, 1.82) is 0 Å². The second-order valence-corrected chi connectivity index (χ2v) is 8.02. The largest absolute Gasteiger partial charge is 0.386 e. The van der Waals surface area contributed by atoms with Gasteiger partial charge >= 0.3 is 0 Å². The topological polar surface area (TPSA) is 107 Å². The van der Waals surface area contributed by atoms with Crippen molar-refractivity contribution in [3.05, 3.63) is 76.6 Å². The molecule has 0 saturated heterocycles. The Morgan fingerprint density at radius 3 is 2.30 bits per heavy atom. The number of carbonyl (C=O) groups excluding carboxylic acids is 1. The lowest BCUT2D eigenvalue weighted by Crippen LogP contribution is -2.47.